The number of rotatable bonds is 5. The summed E-state index contributed by atoms with van der Waals surface area (Å²) in [5, 5.41) is 8.60. The van der Waals surface area contributed by atoms with E-state index in [1.54, 1.807) is 4.90 Å². The third-order valence-electron chi connectivity index (χ3n) is 3.03. The lowest BCUT2D eigenvalue weighted by Crippen LogP contribution is -2.47. The van der Waals surface area contributed by atoms with E-state index in [1.165, 1.54) is 0 Å². The minimum Gasteiger partial charge on any atom is -0.481 e. The SMILES string of the molecule is NC1(C(=O)N(CCC(=O)O)C2CC2)CC1. The molecule has 0 atom stereocenters. The van der Waals surface area contributed by atoms with Crippen LogP contribution in [0.3, 0.4) is 0 Å². The number of carbonyl (C=O) groups excluding carboxylic acids is 1. The van der Waals surface area contributed by atoms with Crippen LogP contribution < -0.4 is 5.73 Å². The zero-order chi connectivity index (χ0) is 11.1. The van der Waals surface area contributed by atoms with Gasteiger partial charge in [-0.15, -0.1) is 0 Å². The molecule has 2 saturated carbocycles. The van der Waals surface area contributed by atoms with Crippen molar-refractivity contribution in [1.82, 2.24) is 4.90 Å². The quantitative estimate of drug-likeness (QED) is 0.669. The standard InChI is InChI=1S/C10H16N2O3/c11-10(4-5-10)9(15)12(7-1-2-7)6-3-8(13)14/h7H,1-6,11H2,(H,13,14). The van der Waals surface area contributed by atoms with E-state index >= 15 is 0 Å². The normalized spacial score (nSPS) is 22.2. The number of hydrogen-bond donors (Lipinski definition) is 2. The van der Waals surface area contributed by atoms with E-state index in [0.29, 0.717) is 6.54 Å². The van der Waals surface area contributed by atoms with E-state index in [-0.39, 0.29) is 18.4 Å². The number of carboxylic acids is 1. The molecule has 2 rings (SSSR count). The number of carboxylic acid groups (broad SMARTS) is 1. The molecule has 5 nitrogen and oxygen atoms in total. The molecule has 0 radical (unpaired) electrons. The van der Waals surface area contributed by atoms with Crippen molar-refractivity contribution in [3.8, 4) is 0 Å². The maximum atomic E-state index is 11.9. The number of nitrogens with zero attached hydrogens (tertiary/aromatic N) is 1. The van der Waals surface area contributed by atoms with Crippen molar-refractivity contribution in [2.75, 3.05) is 6.54 Å². The van der Waals surface area contributed by atoms with Gasteiger partial charge in [0.25, 0.3) is 0 Å². The molecule has 0 aromatic rings. The van der Waals surface area contributed by atoms with Crippen LogP contribution in [0.15, 0.2) is 0 Å². The monoisotopic (exact) mass is 212 g/mol. The van der Waals surface area contributed by atoms with Gasteiger partial charge in [-0.05, 0) is 25.7 Å². The van der Waals surface area contributed by atoms with Crippen molar-refractivity contribution >= 4 is 11.9 Å². The maximum Gasteiger partial charge on any atom is 0.305 e. The molecule has 3 N–H and O–H groups in total. The Bertz CT molecular complexity index is 295. The molecular weight excluding hydrogens is 196 g/mol. The van der Waals surface area contributed by atoms with Crippen molar-refractivity contribution in [2.24, 2.45) is 5.73 Å². The molecule has 0 saturated heterocycles. The molecule has 1 amide bonds. The zero-order valence-electron chi connectivity index (χ0n) is 8.61. The van der Waals surface area contributed by atoms with Crippen LogP contribution in [-0.4, -0.2) is 40.0 Å². The molecule has 2 aliphatic rings. The number of carbonyl (C=O) groups is 2. The fourth-order valence-corrected chi connectivity index (χ4v) is 1.69. The summed E-state index contributed by atoms with van der Waals surface area (Å²) < 4.78 is 0. The smallest absolute Gasteiger partial charge is 0.305 e. The Morgan fingerprint density at radius 1 is 1.40 bits per heavy atom. The largest absolute Gasteiger partial charge is 0.481 e. The summed E-state index contributed by atoms with van der Waals surface area (Å²) in [6.07, 6.45) is 3.46. The Labute approximate surface area is 88.2 Å². The second kappa shape index (κ2) is 3.48. The lowest BCUT2D eigenvalue weighted by atomic mass is 10.2. The highest BCUT2D eigenvalue weighted by Gasteiger charge is 2.50. The molecule has 5 heteroatoms. The Hall–Kier alpha value is -1.10. The highest BCUT2D eigenvalue weighted by molar-refractivity contribution is 5.89. The van der Waals surface area contributed by atoms with Crippen LogP contribution in [0.2, 0.25) is 0 Å². The van der Waals surface area contributed by atoms with Gasteiger partial charge in [0, 0.05) is 12.6 Å². The third-order valence-corrected chi connectivity index (χ3v) is 3.03. The van der Waals surface area contributed by atoms with Crippen molar-refractivity contribution in [3.63, 3.8) is 0 Å². The van der Waals surface area contributed by atoms with Gasteiger partial charge in [-0.2, -0.15) is 0 Å². The van der Waals surface area contributed by atoms with Gasteiger partial charge in [-0.3, -0.25) is 9.59 Å². The summed E-state index contributed by atoms with van der Waals surface area (Å²) in [5.41, 5.74) is 5.16. The predicted molar refractivity (Wildman–Crippen MR) is 53.1 cm³/mol. The minimum absolute atomic E-state index is 0.0122. The maximum absolute atomic E-state index is 11.9. The topological polar surface area (TPSA) is 83.6 Å². The van der Waals surface area contributed by atoms with Crippen LogP contribution in [0.4, 0.5) is 0 Å². The lowest BCUT2D eigenvalue weighted by molar-refractivity contribution is -0.139. The summed E-state index contributed by atoms with van der Waals surface area (Å²) in [6, 6.07) is 0.248. The number of hydrogen-bond acceptors (Lipinski definition) is 3. The first-order chi connectivity index (χ1) is 7.03. The second-order valence-corrected chi connectivity index (χ2v) is 4.53. The summed E-state index contributed by atoms with van der Waals surface area (Å²) >= 11 is 0. The Morgan fingerprint density at radius 3 is 2.40 bits per heavy atom. The van der Waals surface area contributed by atoms with Crippen LogP contribution in [0, 0.1) is 0 Å². The van der Waals surface area contributed by atoms with Crippen LogP contribution in [0.1, 0.15) is 32.1 Å². The van der Waals surface area contributed by atoms with E-state index < -0.39 is 11.5 Å². The summed E-state index contributed by atoms with van der Waals surface area (Å²) in [7, 11) is 0. The van der Waals surface area contributed by atoms with Gasteiger partial charge in [0.1, 0.15) is 0 Å². The van der Waals surface area contributed by atoms with Crippen molar-refractivity contribution in [2.45, 2.75) is 43.7 Å². The minimum atomic E-state index is -0.865. The van der Waals surface area contributed by atoms with E-state index in [1.807, 2.05) is 0 Å². The summed E-state index contributed by atoms with van der Waals surface area (Å²) in [4.78, 5) is 24.1. The van der Waals surface area contributed by atoms with Crippen molar-refractivity contribution < 1.29 is 14.7 Å². The number of nitrogens with two attached hydrogens (primary N) is 1. The lowest BCUT2D eigenvalue weighted by Gasteiger charge is -2.24. The predicted octanol–water partition coefficient (Wildman–Crippen LogP) is -0.0566. The zero-order valence-corrected chi connectivity index (χ0v) is 8.61. The van der Waals surface area contributed by atoms with Gasteiger partial charge in [-0.25, -0.2) is 0 Å². The van der Waals surface area contributed by atoms with Crippen LogP contribution in [-0.2, 0) is 9.59 Å². The number of amides is 1. The van der Waals surface area contributed by atoms with Crippen LogP contribution in [0.25, 0.3) is 0 Å². The summed E-state index contributed by atoms with van der Waals surface area (Å²) in [5.74, 6) is -0.915. The van der Waals surface area contributed by atoms with E-state index in [4.69, 9.17) is 10.8 Å². The van der Waals surface area contributed by atoms with Crippen LogP contribution >= 0.6 is 0 Å². The highest BCUT2D eigenvalue weighted by atomic mass is 16.4. The Morgan fingerprint density at radius 2 is 2.00 bits per heavy atom. The molecule has 0 spiro atoms. The first-order valence-electron chi connectivity index (χ1n) is 5.35. The fourth-order valence-electron chi connectivity index (χ4n) is 1.69. The first-order valence-corrected chi connectivity index (χ1v) is 5.35. The average molecular weight is 212 g/mol. The second-order valence-electron chi connectivity index (χ2n) is 4.53. The molecule has 0 aliphatic heterocycles. The summed E-state index contributed by atoms with van der Waals surface area (Å²) in [6.45, 7) is 0.303. The van der Waals surface area contributed by atoms with Crippen molar-refractivity contribution in [1.29, 1.82) is 0 Å². The van der Waals surface area contributed by atoms with E-state index in [9.17, 15) is 9.59 Å². The number of aliphatic carboxylic acids is 1. The molecule has 2 fully saturated rings. The molecule has 0 aromatic heterocycles. The van der Waals surface area contributed by atoms with Crippen LogP contribution in [0.5, 0.6) is 0 Å². The van der Waals surface area contributed by atoms with E-state index in [2.05, 4.69) is 0 Å². The van der Waals surface area contributed by atoms with Gasteiger partial charge in [0.05, 0.1) is 12.0 Å². The third kappa shape index (κ3) is 2.28. The molecule has 0 bridgehead atoms. The fraction of sp³-hybridized carbons (Fsp3) is 0.800. The average Bonchev–Trinajstić information content (AvgIpc) is 3.00. The molecule has 0 unspecified atom stereocenters. The molecule has 84 valence electrons. The Balaban J connectivity index is 1.93. The van der Waals surface area contributed by atoms with Gasteiger partial charge in [-0.1, -0.05) is 0 Å². The van der Waals surface area contributed by atoms with Gasteiger partial charge in [0.15, 0.2) is 0 Å². The molecule has 15 heavy (non-hydrogen) atoms. The first kappa shape index (κ1) is 10.4. The van der Waals surface area contributed by atoms with E-state index in [0.717, 1.165) is 25.7 Å². The Kier molecular flexibility index (Phi) is 2.42. The van der Waals surface area contributed by atoms with Crippen molar-refractivity contribution in [3.05, 3.63) is 0 Å². The molecular formula is C10H16N2O3. The van der Waals surface area contributed by atoms with Gasteiger partial charge < -0.3 is 15.7 Å². The van der Waals surface area contributed by atoms with Gasteiger partial charge in [0.2, 0.25) is 5.91 Å². The molecule has 0 aromatic carbocycles. The molecule has 2 aliphatic carbocycles. The molecule has 0 heterocycles. The highest BCUT2D eigenvalue weighted by Crippen LogP contribution is 2.37. The van der Waals surface area contributed by atoms with Gasteiger partial charge >= 0.3 is 5.97 Å².